The smallest absolute Gasteiger partial charge is 0.242 e. The van der Waals surface area contributed by atoms with Crippen molar-refractivity contribution in [3.8, 4) is 5.75 Å². The highest BCUT2D eigenvalue weighted by Gasteiger charge is 2.30. The first-order valence-corrected chi connectivity index (χ1v) is 7.48. The zero-order chi connectivity index (χ0) is 16.4. The summed E-state index contributed by atoms with van der Waals surface area (Å²) in [5.41, 5.74) is 2.58. The first-order chi connectivity index (χ1) is 11.0. The number of allylic oxidation sites excluding steroid dienone is 4. The monoisotopic (exact) mass is 326 g/mol. The van der Waals surface area contributed by atoms with Crippen LogP contribution in [-0.2, 0) is 9.59 Å². The Morgan fingerprint density at radius 2 is 1.96 bits per heavy atom. The minimum atomic E-state index is -0.378. The topological polar surface area (TPSA) is 69.6 Å². The van der Waals surface area contributed by atoms with E-state index in [1.54, 1.807) is 12.1 Å². The quantitative estimate of drug-likeness (QED) is 0.646. The van der Waals surface area contributed by atoms with E-state index in [1.165, 1.54) is 4.90 Å². The van der Waals surface area contributed by atoms with Gasteiger partial charge in [0.2, 0.25) is 11.8 Å². The van der Waals surface area contributed by atoms with Crippen LogP contribution in [-0.4, -0.2) is 26.9 Å². The summed E-state index contributed by atoms with van der Waals surface area (Å²) in [7, 11) is 0. The number of thiocarbonyl (C=S) groups is 1. The molecule has 0 radical (unpaired) electrons. The SMILES string of the molecule is O=C1CC(=O)N(C2=CC(=Cc3ccc(O)cc3)CC=C2)C(=S)N1. The Kier molecular flexibility index (Phi) is 4.08. The van der Waals surface area contributed by atoms with Crippen LogP contribution in [0.25, 0.3) is 6.08 Å². The lowest BCUT2D eigenvalue weighted by Gasteiger charge is -2.29. The number of carbonyl (C=O) groups is 2. The second kappa shape index (κ2) is 6.18. The molecule has 1 aromatic carbocycles. The number of phenolic OH excluding ortho intramolecular Hbond substituents is 1. The molecule has 1 aliphatic carbocycles. The number of rotatable bonds is 2. The normalized spacial score (nSPS) is 19.8. The van der Waals surface area contributed by atoms with Gasteiger partial charge in [-0.05, 0) is 54.1 Å². The van der Waals surface area contributed by atoms with Gasteiger partial charge in [-0.3, -0.25) is 14.5 Å². The maximum Gasteiger partial charge on any atom is 0.242 e. The fourth-order valence-corrected chi connectivity index (χ4v) is 2.77. The average molecular weight is 326 g/mol. The molecule has 2 aliphatic rings. The molecule has 0 bridgehead atoms. The molecule has 1 aliphatic heterocycles. The third kappa shape index (κ3) is 3.37. The van der Waals surface area contributed by atoms with Gasteiger partial charge >= 0.3 is 0 Å². The maximum atomic E-state index is 12.1. The highest BCUT2D eigenvalue weighted by atomic mass is 32.1. The summed E-state index contributed by atoms with van der Waals surface area (Å²) in [6.45, 7) is 0. The van der Waals surface area contributed by atoms with Crippen LogP contribution in [0.5, 0.6) is 5.75 Å². The molecule has 0 unspecified atom stereocenters. The molecule has 0 spiro atoms. The van der Waals surface area contributed by atoms with Gasteiger partial charge in [0.05, 0.1) is 5.70 Å². The third-order valence-corrected chi connectivity index (χ3v) is 3.77. The van der Waals surface area contributed by atoms with E-state index in [4.69, 9.17) is 12.2 Å². The highest BCUT2D eigenvalue weighted by Crippen LogP contribution is 2.23. The minimum absolute atomic E-state index is 0.105. The number of nitrogens with zero attached hydrogens (tertiary/aromatic N) is 1. The fourth-order valence-electron chi connectivity index (χ4n) is 2.45. The van der Waals surface area contributed by atoms with E-state index >= 15 is 0 Å². The standard InChI is InChI=1S/C17H14N2O3S/c20-14-6-4-11(5-7-14)8-12-2-1-3-13(9-12)19-16(22)10-15(21)18-17(19)23/h1,3-9,20H,2,10H2,(H,18,21,23). The predicted octanol–water partition coefficient (Wildman–Crippen LogP) is 2.25. The number of benzene rings is 1. The van der Waals surface area contributed by atoms with Crippen LogP contribution in [0.4, 0.5) is 0 Å². The van der Waals surface area contributed by atoms with E-state index < -0.39 is 0 Å². The lowest BCUT2D eigenvalue weighted by molar-refractivity contribution is -0.133. The number of phenols is 1. The van der Waals surface area contributed by atoms with Gasteiger partial charge in [-0.2, -0.15) is 0 Å². The van der Waals surface area contributed by atoms with E-state index in [0.717, 1.165) is 17.6 Å². The Bertz CT molecular complexity index is 756. The van der Waals surface area contributed by atoms with Crippen LogP contribution >= 0.6 is 12.2 Å². The van der Waals surface area contributed by atoms with Gasteiger partial charge in [0.15, 0.2) is 5.11 Å². The van der Waals surface area contributed by atoms with Crippen LogP contribution in [0.2, 0.25) is 0 Å². The molecule has 6 heteroatoms. The molecule has 2 amide bonds. The fraction of sp³-hybridized carbons (Fsp3) is 0.118. The van der Waals surface area contributed by atoms with Crippen LogP contribution in [0.1, 0.15) is 18.4 Å². The highest BCUT2D eigenvalue weighted by molar-refractivity contribution is 7.80. The number of nitrogens with one attached hydrogen (secondary N) is 1. The predicted molar refractivity (Wildman–Crippen MR) is 90.1 cm³/mol. The van der Waals surface area contributed by atoms with Crippen molar-refractivity contribution in [2.24, 2.45) is 0 Å². The first kappa shape index (κ1) is 15.2. The third-order valence-electron chi connectivity index (χ3n) is 3.49. The van der Waals surface area contributed by atoms with Crippen LogP contribution in [0.3, 0.4) is 0 Å². The van der Waals surface area contributed by atoms with E-state index in [1.807, 2.05) is 36.4 Å². The number of aromatic hydroxyl groups is 1. The first-order valence-electron chi connectivity index (χ1n) is 7.07. The largest absolute Gasteiger partial charge is 0.508 e. The van der Waals surface area contributed by atoms with Gasteiger partial charge in [0.1, 0.15) is 12.2 Å². The Hall–Kier alpha value is -2.73. The lowest BCUT2D eigenvalue weighted by atomic mass is 10.0. The van der Waals surface area contributed by atoms with E-state index in [0.29, 0.717) is 5.70 Å². The van der Waals surface area contributed by atoms with Crippen LogP contribution < -0.4 is 5.32 Å². The summed E-state index contributed by atoms with van der Waals surface area (Å²) in [5, 5.41) is 11.9. The van der Waals surface area contributed by atoms with Crippen molar-refractivity contribution in [3.63, 3.8) is 0 Å². The van der Waals surface area contributed by atoms with Crippen molar-refractivity contribution in [3.05, 3.63) is 59.3 Å². The summed E-state index contributed by atoms with van der Waals surface area (Å²) in [6.07, 6.45) is 8.12. The molecule has 1 saturated heterocycles. The maximum absolute atomic E-state index is 12.1. The van der Waals surface area contributed by atoms with Gasteiger partial charge in [0, 0.05) is 0 Å². The number of amides is 2. The van der Waals surface area contributed by atoms with Gasteiger partial charge in [-0.25, -0.2) is 0 Å². The molecule has 23 heavy (non-hydrogen) atoms. The van der Waals surface area contributed by atoms with Gasteiger partial charge in [-0.1, -0.05) is 24.3 Å². The van der Waals surface area contributed by atoms with Crippen molar-refractivity contribution >= 4 is 35.2 Å². The van der Waals surface area contributed by atoms with Crippen molar-refractivity contribution in [1.82, 2.24) is 10.2 Å². The molecule has 3 rings (SSSR count). The van der Waals surface area contributed by atoms with E-state index in [-0.39, 0.29) is 29.1 Å². The molecule has 0 aromatic heterocycles. The number of carbonyl (C=O) groups excluding carboxylic acids is 2. The molecule has 5 nitrogen and oxygen atoms in total. The summed E-state index contributed by atoms with van der Waals surface area (Å²) in [6, 6.07) is 6.86. The van der Waals surface area contributed by atoms with Crippen molar-refractivity contribution in [1.29, 1.82) is 0 Å². The van der Waals surface area contributed by atoms with Crippen molar-refractivity contribution in [2.45, 2.75) is 12.8 Å². The van der Waals surface area contributed by atoms with Gasteiger partial charge in [-0.15, -0.1) is 0 Å². The number of hydrogen-bond acceptors (Lipinski definition) is 4. The summed E-state index contributed by atoms with van der Waals surface area (Å²) in [4.78, 5) is 24.7. The van der Waals surface area contributed by atoms with Gasteiger partial charge < -0.3 is 10.4 Å². The van der Waals surface area contributed by atoms with E-state index in [2.05, 4.69) is 5.32 Å². The second-order valence-electron chi connectivity index (χ2n) is 5.25. The molecular weight excluding hydrogens is 312 g/mol. The molecule has 1 heterocycles. The molecule has 116 valence electrons. The van der Waals surface area contributed by atoms with Crippen LogP contribution in [0, 0.1) is 0 Å². The molecule has 2 N–H and O–H groups in total. The molecule has 0 atom stereocenters. The molecule has 0 saturated carbocycles. The van der Waals surface area contributed by atoms with E-state index in [9.17, 15) is 14.7 Å². The second-order valence-corrected chi connectivity index (χ2v) is 5.63. The zero-order valence-corrected chi connectivity index (χ0v) is 13.0. The van der Waals surface area contributed by atoms with Crippen LogP contribution in [0.15, 0.2) is 53.8 Å². The molecule has 1 aromatic rings. The Labute approximate surface area is 138 Å². The molecule has 1 fully saturated rings. The Morgan fingerprint density at radius 3 is 2.65 bits per heavy atom. The summed E-state index contributed by atoms with van der Waals surface area (Å²) in [5.74, 6) is -0.496. The van der Waals surface area contributed by atoms with Crippen molar-refractivity contribution < 1.29 is 14.7 Å². The summed E-state index contributed by atoms with van der Waals surface area (Å²) < 4.78 is 0. The lowest BCUT2D eigenvalue weighted by Crippen LogP contribution is -2.51. The molecular formula is C17H14N2O3S. The Morgan fingerprint density at radius 1 is 1.22 bits per heavy atom. The van der Waals surface area contributed by atoms with Crippen molar-refractivity contribution in [2.75, 3.05) is 0 Å². The Balaban J connectivity index is 1.88. The average Bonchev–Trinajstić information content (AvgIpc) is 2.49. The van der Waals surface area contributed by atoms with Gasteiger partial charge in [0.25, 0.3) is 0 Å². The zero-order valence-electron chi connectivity index (χ0n) is 12.2. The minimum Gasteiger partial charge on any atom is -0.508 e. The summed E-state index contributed by atoms with van der Waals surface area (Å²) >= 11 is 5.10. The number of hydrogen-bond donors (Lipinski definition) is 2.